The normalized spacial score (nSPS) is 19.9. The Labute approximate surface area is 181 Å². The quantitative estimate of drug-likeness (QED) is 0.315. The highest BCUT2D eigenvalue weighted by Crippen LogP contribution is 2.40. The highest BCUT2D eigenvalue weighted by molar-refractivity contribution is 6.46. The van der Waals surface area contributed by atoms with Gasteiger partial charge in [0.05, 0.1) is 18.2 Å². The van der Waals surface area contributed by atoms with Crippen molar-refractivity contribution in [3.05, 3.63) is 70.5 Å². The molecular weight excluding hydrogens is 397 g/mol. The smallest absolute Gasteiger partial charge is 0.295 e. The third-order valence-corrected chi connectivity index (χ3v) is 5.91. The molecule has 31 heavy (non-hydrogen) atoms. The third kappa shape index (κ3) is 4.07. The summed E-state index contributed by atoms with van der Waals surface area (Å²) < 4.78 is 19.2. The molecule has 2 aliphatic rings. The lowest BCUT2D eigenvalue weighted by Crippen LogP contribution is -2.30. The van der Waals surface area contributed by atoms with E-state index in [0.29, 0.717) is 24.3 Å². The van der Waals surface area contributed by atoms with E-state index in [9.17, 15) is 19.1 Å². The van der Waals surface area contributed by atoms with E-state index in [1.165, 1.54) is 17.0 Å². The average molecular weight is 423 g/mol. The summed E-state index contributed by atoms with van der Waals surface area (Å²) in [4.78, 5) is 27.4. The molecule has 1 saturated heterocycles. The molecule has 0 aromatic heterocycles. The van der Waals surface area contributed by atoms with Crippen LogP contribution in [0.15, 0.2) is 48.0 Å². The highest BCUT2D eigenvalue weighted by Gasteiger charge is 2.45. The maximum absolute atomic E-state index is 13.5. The number of ketones is 1. The molecule has 2 heterocycles. The van der Waals surface area contributed by atoms with E-state index in [4.69, 9.17) is 4.74 Å². The molecule has 2 aromatic rings. The van der Waals surface area contributed by atoms with Crippen molar-refractivity contribution in [3.63, 3.8) is 0 Å². The average Bonchev–Trinajstić information content (AvgIpc) is 3.04. The largest absolute Gasteiger partial charge is 0.507 e. The van der Waals surface area contributed by atoms with Crippen molar-refractivity contribution in [2.24, 2.45) is 0 Å². The number of fused-ring (bicyclic) bond motifs is 1. The van der Waals surface area contributed by atoms with Crippen LogP contribution in [-0.2, 0) is 16.0 Å². The Balaban J connectivity index is 1.79. The van der Waals surface area contributed by atoms with Gasteiger partial charge in [-0.2, -0.15) is 0 Å². The summed E-state index contributed by atoms with van der Waals surface area (Å²) >= 11 is 0. The van der Waals surface area contributed by atoms with Crippen LogP contribution in [0.2, 0.25) is 0 Å². The summed E-state index contributed by atoms with van der Waals surface area (Å²) in [7, 11) is 0. The van der Waals surface area contributed by atoms with Crippen LogP contribution in [0.25, 0.3) is 5.76 Å². The summed E-state index contributed by atoms with van der Waals surface area (Å²) in [5.74, 6) is -1.18. The minimum Gasteiger partial charge on any atom is -0.507 e. The number of likely N-dealkylation sites (tertiary alicyclic amines) is 1. The number of carbonyl (C=O) groups is 2. The number of rotatable bonds is 6. The first kappa shape index (κ1) is 21.1. The lowest BCUT2D eigenvalue weighted by atomic mass is 9.94. The van der Waals surface area contributed by atoms with E-state index in [2.05, 4.69) is 6.92 Å². The molecule has 162 valence electrons. The fourth-order valence-electron chi connectivity index (χ4n) is 4.30. The number of carbonyl (C=O) groups excluding carboxylic acids is 2. The number of aliphatic hydroxyl groups excluding tert-OH is 1. The standard InChI is InChI=1S/C25H26FNO4/c1-2-3-4-13-27-22(16-7-10-19(26)11-8-16)21(24(29)25(27)30)23(28)18-9-12-20-17(15-18)6-5-14-31-20/h7-12,15,22,28H,2-6,13-14H2,1H3/b23-21-. The lowest BCUT2D eigenvalue weighted by molar-refractivity contribution is -0.139. The number of hydrogen-bond acceptors (Lipinski definition) is 4. The van der Waals surface area contributed by atoms with Gasteiger partial charge >= 0.3 is 0 Å². The molecule has 4 rings (SSSR count). The van der Waals surface area contributed by atoms with Crippen molar-refractivity contribution in [1.82, 2.24) is 4.90 Å². The topological polar surface area (TPSA) is 66.8 Å². The van der Waals surface area contributed by atoms with Crippen molar-refractivity contribution < 1.29 is 23.8 Å². The van der Waals surface area contributed by atoms with Gasteiger partial charge in [0, 0.05) is 12.1 Å². The van der Waals surface area contributed by atoms with E-state index in [0.717, 1.165) is 43.4 Å². The molecule has 1 atom stereocenters. The van der Waals surface area contributed by atoms with Crippen molar-refractivity contribution >= 4 is 17.4 Å². The van der Waals surface area contributed by atoms with Crippen LogP contribution in [0.5, 0.6) is 5.75 Å². The van der Waals surface area contributed by atoms with Gasteiger partial charge in [-0.3, -0.25) is 9.59 Å². The Morgan fingerprint density at radius 1 is 1.16 bits per heavy atom. The molecule has 5 nitrogen and oxygen atoms in total. The predicted octanol–water partition coefficient (Wildman–Crippen LogP) is 4.76. The maximum atomic E-state index is 13.5. The molecule has 0 aliphatic carbocycles. The number of halogens is 1. The van der Waals surface area contributed by atoms with Crippen LogP contribution in [-0.4, -0.2) is 34.8 Å². The number of nitrogens with zero attached hydrogens (tertiary/aromatic N) is 1. The fourth-order valence-corrected chi connectivity index (χ4v) is 4.30. The van der Waals surface area contributed by atoms with Crippen LogP contribution >= 0.6 is 0 Å². The van der Waals surface area contributed by atoms with E-state index in [1.54, 1.807) is 24.3 Å². The molecular formula is C25H26FNO4. The Hall–Kier alpha value is -3.15. The monoisotopic (exact) mass is 423 g/mol. The Bertz CT molecular complexity index is 1030. The zero-order valence-electron chi connectivity index (χ0n) is 17.6. The zero-order valence-corrected chi connectivity index (χ0v) is 17.6. The Morgan fingerprint density at radius 3 is 2.68 bits per heavy atom. The maximum Gasteiger partial charge on any atom is 0.295 e. The first-order valence-corrected chi connectivity index (χ1v) is 10.8. The Kier molecular flexibility index (Phi) is 6.07. The summed E-state index contributed by atoms with van der Waals surface area (Å²) in [6.07, 6.45) is 4.35. The van der Waals surface area contributed by atoms with Gasteiger partial charge in [0.25, 0.3) is 11.7 Å². The number of hydrogen-bond donors (Lipinski definition) is 1. The summed E-state index contributed by atoms with van der Waals surface area (Å²) in [6, 6.07) is 10.3. The van der Waals surface area contributed by atoms with Crippen LogP contribution in [0.4, 0.5) is 4.39 Å². The van der Waals surface area contributed by atoms with Gasteiger partial charge in [-0.15, -0.1) is 0 Å². The van der Waals surface area contributed by atoms with Crippen LogP contribution in [0.3, 0.4) is 0 Å². The van der Waals surface area contributed by atoms with E-state index in [-0.39, 0.29) is 11.3 Å². The van der Waals surface area contributed by atoms with E-state index < -0.39 is 23.5 Å². The number of benzene rings is 2. The first-order chi connectivity index (χ1) is 15.0. The first-order valence-electron chi connectivity index (χ1n) is 10.8. The number of Topliss-reactive ketones (excluding diaryl/α,β-unsaturated/α-hetero) is 1. The van der Waals surface area contributed by atoms with Gasteiger partial charge in [0.15, 0.2) is 0 Å². The lowest BCUT2D eigenvalue weighted by Gasteiger charge is -2.25. The van der Waals surface area contributed by atoms with Crippen LogP contribution < -0.4 is 4.74 Å². The van der Waals surface area contributed by atoms with Crippen molar-refractivity contribution in [2.45, 2.75) is 45.1 Å². The summed E-state index contributed by atoms with van der Waals surface area (Å²) in [5, 5.41) is 11.2. The number of aryl methyl sites for hydroxylation is 1. The van der Waals surface area contributed by atoms with Gasteiger partial charge in [-0.25, -0.2) is 4.39 Å². The molecule has 1 fully saturated rings. The second kappa shape index (κ2) is 8.92. The van der Waals surface area contributed by atoms with Gasteiger partial charge in [-0.05, 0) is 60.7 Å². The number of ether oxygens (including phenoxy) is 1. The third-order valence-electron chi connectivity index (χ3n) is 5.91. The minimum atomic E-state index is -0.746. The van der Waals surface area contributed by atoms with Crippen molar-refractivity contribution in [1.29, 1.82) is 0 Å². The number of amides is 1. The summed E-state index contributed by atoms with van der Waals surface area (Å²) in [6.45, 7) is 3.12. The molecule has 0 saturated carbocycles. The molecule has 2 aromatic carbocycles. The molecule has 1 amide bonds. The Morgan fingerprint density at radius 2 is 1.94 bits per heavy atom. The predicted molar refractivity (Wildman–Crippen MR) is 115 cm³/mol. The molecule has 2 aliphatic heterocycles. The van der Waals surface area contributed by atoms with Crippen LogP contribution in [0.1, 0.15) is 55.3 Å². The second-order valence-corrected chi connectivity index (χ2v) is 8.03. The molecule has 6 heteroatoms. The van der Waals surface area contributed by atoms with Gasteiger partial charge in [0.2, 0.25) is 0 Å². The van der Waals surface area contributed by atoms with Gasteiger partial charge < -0.3 is 14.7 Å². The molecule has 1 N–H and O–H groups in total. The van der Waals surface area contributed by atoms with Gasteiger partial charge in [-0.1, -0.05) is 31.9 Å². The highest BCUT2D eigenvalue weighted by atomic mass is 19.1. The number of unbranched alkanes of at least 4 members (excludes halogenated alkanes) is 2. The van der Waals surface area contributed by atoms with E-state index in [1.807, 2.05) is 6.07 Å². The fraction of sp³-hybridized carbons (Fsp3) is 0.360. The van der Waals surface area contributed by atoms with Gasteiger partial charge in [0.1, 0.15) is 17.3 Å². The molecule has 0 spiro atoms. The van der Waals surface area contributed by atoms with Crippen molar-refractivity contribution in [3.8, 4) is 5.75 Å². The zero-order chi connectivity index (χ0) is 22.0. The summed E-state index contributed by atoms with van der Waals surface area (Å²) in [5.41, 5.74) is 2.08. The van der Waals surface area contributed by atoms with E-state index >= 15 is 0 Å². The molecule has 0 radical (unpaired) electrons. The second-order valence-electron chi connectivity index (χ2n) is 8.03. The van der Waals surface area contributed by atoms with Crippen molar-refractivity contribution in [2.75, 3.05) is 13.2 Å². The molecule has 1 unspecified atom stereocenters. The van der Waals surface area contributed by atoms with Crippen LogP contribution in [0, 0.1) is 5.82 Å². The number of aliphatic hydroxyl groups is 1. The molecule has 0 bridgehead atoms. The SMILES string of the molecule is CCCCCN1C(=O)C(=O)/C(=C(\O)c2ccc3c(c2)CCCO3)C1c1ccc(F)cc1. The minimum absolute atomic E-state index is 0.0461.